The van der Waals surface area contributed by atoms with Gasteiger partial charge in [0.1, 0.15) is 0 Å². The second-order valence-electron chi connectivity index (χ2n) is 6.94. The molecule has 1 saturated carbocycles. The number of carbonyl (C=O) groups is 2. The molecule has 0 heterocycles. The number of amides is 4. The predicted molar refractivity (Wildman–Crippen MR) is 89.4 cm³/mol. The molecule has 0 saturated heterocycles. The van der Waals surface area contributed by atoms with Crippen LogP contribution in [0.15, 0.2) is 0 Å². The van der Waals surface area contributed by atoms with Crippen LogP contribution in [0.5, 0.6) is 0 Å². The van der Waals surface area contributed by atoms with Crippen LogP contribution in [0.1, 0.15) is 59.3 Å². The van der Waals surface area contributed by atoms with Gasteiger partial charge in [-0.1, -0.05) is 33.6 Å². The van der Waals surface area contributed by atoms with E-state index in [1.165, 1.54) is 5.01 Å². The molecular weight excluding hydrogens is 296 g/mol. The Bertz CT molecular complexity index is 430. The highest BCUT2D eigenvalue weighted by Crippen LogP contribution is 2.45. The van der Waals surface area contributed by atoms with E-state index in [1.807, 2.05) is 0 Å². The molecule has 0 aromatic heterocycles. The maximum atomic E-state index is 11.8. The quantitative estimate of drug-likeness (QED) is 0.330. The lowest BCUT2D eigenvalue weighted by Crippen LogP contribution is -2.66. The van der Waals surface area contributed by atoms with Gasteiger partial charge < -0.3 is 11.5 Å². The molecule has 1 aliphatic carbocycles. The van der Waals surface area contributed by atoms with E-state index < -0.39 is 17.6 Å². The molecule has 8 heteroatoms. The number of primary amides is 2. The maximum Gasteiger partial charge on any atom is 0.329 e. The first-order valence-electron chi connectivity index (χ1n) is 8.35. The summed E-state index contributed by atoms with van der Waals surface area (Å²) >= 11 is 0. The minimum Gasteiger partial charge on any atom is -0.350 e. The summed E-state index contributed by atoms with van der Waals surface area (Å²) in [6.07, 6.45) is 4.71. The number of unbranched alkanes of at least 4 members (excludes halogenated alkanes) is 1. The van der Waals surface area contributed by atoms with Gasteiger partial charge in [-0.3, -0.25) is 10.0 Å². The van der Waals surface area contributed by atoms with Crippen molar-refractivity contribution in [2.24, 2.45) is 35.0 Å². The molecule has 0 aromatic carbocycles. The van der Waals surface area contributed by atoms with Crippen LogP contribution in [0, 0.1) is 11.8 Å². The van der Waals surface area contributed by atoms with Crippen molar-refractivity contribution in [2.45, 2.75) is 70.9 Å². The molecule has 4 amide bonds. The number of hydrogen-bond donors (Lipinski definition) is 4. The van der Waals surface area contributed by atoms with E-state index >= 15 is 0 Å². The van der Waals surface area contributed by atoms with Crippen LogP contribution < -0.4 is 23.2 Å². The molecule has 8 nitrogen and oxygen atoms in total. The van der Waals surface area contributed by atoms with Crippen LogP contribution in [-0.2, 0) is 0 Å². The standard InChI is InChI=1S/C15H32N6O2/c1-4-5-7-15(21(19)14(17)23)8-6-11(20(18)13(16)22)9-12(15)10(2)3/h10-12H,4-9,18-19H2,1-3H3,(H2,16,22)(H2,17,23). The predicted octanol–water partition coefficient (Wildman–Crippen LogP) is 1.25. The third-order valence-electron chi connectivity index (χ3n) is 5.26. The lowest BCUT2D eigenvalue weighted by molar-refractivity contribution is -0.0238. The fourth-order valence-electron chi connectivity index (χ4n) is 3.99. The average Bonchev–Trinajstić information content (AvgIpc) is 2.50. The van der Waals surface area contributed by atoms with Crippen molar-refractivity contribution in [3.63, 3.8) is 0 Å². The van der Waals surface area contributed by atoms with Gasteiger partial charge in [-0.05, 0) is 37.5 Å². The number of urea groups is 2. The molecule has 8 N–H and O–H groups in total. The number of nitrogens with zero attached hydrogens (tertiary/aromatic N) is 2. The largest absolute Gasteiger partial charge is 0.350 e. The van der Waals surface area contributed by atoms with Crippen LogP contribution in [0.3, 0.4) is 0 Å². The second kappa shape index (κ2) is 7.83. The van der Waals surface area contributed by atoms with Gasteiger partial charge in [-0.25, -0.2) is 21.3 Å². The first kappa shape index (κ1) is 19.5. The van der Waals surface area contributed by atoms with E-state index in [4.69, 9.17) is 23.2 Å². The number of nitrogens with two attached hydrogens (primary N) is 4. The number of carbonyl (C=O) groups excluding carboxylic acids is 2. The zero-order chi connectivity index (χ0) is 17.8. The Labute approximate surface area is 138 Å². The van der Waals surface area contributed by atoms with Crippen LogP contribution >= 0.6 is 0 Å². The van der Waals surface area contributed by atoms with Crippen molar-refractivity contribution in [3.8, 4) is 0 Å². The summed E-state index contributed by atoms with van der Waals surface area (Å²) in [5.74, 6) is 12.3. The van der Waals surface area contributed by atoms with Gasteiger partial charge >= 0.3 is 12.1 Å². The van der Waals surface area contributed by atoms with Gasteiger partial charge in [0.2, 0.25) is 0 Å². The maximum absolute atomic E-state index is 11.8. The monoisotopic (exact) mass is 328 g/mol. The van der Waals surface area contributed by atoms with Gasteiger partial charge in [0.05, 0.1) is 11.6 Å². The lowest BCUT2D eigenvalue weighted by atomic mass is 9.64. The molecule has 1 rings (SSSR count). The van der Waals surface area contributed by atoms with E-state index in [0.717, 1.165) is 24.3 Å². The van der Waals surface area contributed by atoms with Crippen molar-refractivity contribution in [1.82, 2.24) is 10.0 Å². The molecule has 1 fully saturated rings. The highest BCUT2D eigenvalue weighted by molar-refractivity contribution is 5.72. The smallest absolute Gasteiger partial charge is 0.329 e. The number of rotatable bonds is 6. The van der Waals surface area contributed by atoms with Crippen molar-refractivity contribution in [1.29, 1.82) is 0 Å². The van der Waals surface area contributed by atoms with Crippen molar-refractivity contribution >= 4 is 12.1 Å². The van der Waals surface area contributed by atoms with Crippen LogP contribution in [0.25, 0.3) is 0 Å². The minimum atomic E-state index is -0.641. The SMILES string of the molecule is CCCCC1(N(N)C(N)=O)CCC(N(N)C(N)=O)CC1C(C)C. The summed E-state index contributed by atoms with van der Waals surface area (Å²) in [6.45, 7) is 6.28. The molecule has 3 unspecified atom stereocenters. The first-order valence-corrected chi connectivity index (χ1v) is 8.35. The van der Waals surface area contributed by atoms with E-state index in [-0.39, 0.29) is 17.9 Å². The van der Waals surface area contributed by atoms with Gasteiger partial charge in [-0.2, -0.15) is 0 Å². The molecule has 3 atom stereocenters. The Morgan fingerprint density at radius 3 is 2.26 bits per heavy atom. The Balaban J connectivity index is 3.13. The average molecular weight is 328 g/mol. The summed E-state index contributed by atoms with van der Waals surface area (Å²) in [4.78, 5) is 23.1. The minimum absolute atomic E-state index is 0.0932. The molecule has 0 aliphatic heterocycles. The Kier molecular flexibility index (Phi) is 6.64. The summed E-state index contributed by atoms with van der Waals surface area (Å²) in [5.41, 5.74) is 10.3. The lowest BCUT2D eigenvalue weighted by Gasteiger charge is -2.53. The van der Waals surface area contributed by atoms with Crippen LogP contribution in [-0.4, -0.2) is 33.7 Å². The van der Waals surface area contributed by atoms with Crippen molar-refractivity contribution in [3.05, 3.63) is 0 Å². The van der Waals surface area contributed by atoms with Crippen LogP contribution in [0.2, 0.25) is 0 Å². The summed E-state index contributed by atoms with van der Waals surface area (Å²) in [6, 6.07) is -1.40. The summed E-state index contributed by atoms with van der Waals surface area (Å²) in [7, 11) is 0. The van der Waals surface area contributed by atoms with Crippen molar-refractivity contribution in [2.75, 3.05) is 0 Å². The topological polar surface area (TPSA) is 145 Å². The highest BCUT2D eigenvalue weighted by atomic mass is 16.2. The third kappa shape index (κ3) is 4.06. The normalized spacial score (nSPS) is 27.7. The summed E-state index contributed by atoms with van der Waals surface area (Å²) < 4.78 is 0. The molecule has 0 bridgehead atoms. The van der Waals surface area contributed by atoms with Crippen molar-refractivity contribution < 1.29 is 9.59 Å². The molecule has 0 spiro atoms. The van der Waals surface area contributed by atoms with E-state index in [2.05, 4.69) is 20.8 Å². The van der Waals surface area contributed by atoms with Gasteiger partial charge in [-0.15, -0.1) is 0 Å². The Morgan fingerprint density at radius 1 is 1.22 bits per heavy atom. The third-order valence-corrected chi connectivity index (χ3v) is 5.26. The van der Waals surface area contributed by atoms with Gasteiger partial charge in [0.25, 0.3) is 0 Å². The van der Waals surface area contributed by atoms with E-state index in [1.54, 1.807) is 0 Å². The zero-order valence-corrected chi connectivity index (χ0v) is 14.5. The Morgan fingerprint density at radius 2 is 1.83 bits per heavy atom. The highest BCUT2D eigenvalue weighted by Gasteiger charge is 2.50. The second-order valence-corrected chi connectivity index (χ2v) is 6.94. The molecule has 0 radical (unpaired) electrons. The fourth-order valence-corrected chi connectivity index (χ4v) is 3.99. The van der Waals surface area contributed by atoms with Gasteiger partial charge in [0, 0.05) is 0 Å². The molecule has 23 heavy (non-hydrogen) atoms. The molecular formula is C15H32N6O2. The molecule has 0 aromatic rings. The Hall–Kier alpha value is -1.54. The van der Waals surface area contributed by atoms with Crippen LogP contribution in [0.4, 0.5) is 9.59 Å². The molecule has 134 valence electrons. The number of hydrazine groups is 2. The molecule has 1 aliphatic rings. The van der Waals surface area contributed by atoms with Gasteiger partial charge in [0.15, 0.2) is 0 Å². The van der Waals surface area contributed by atoms with E-state index in [0.29, 0.717) is 19.3 Å². The van der Waals surface area contributed by atoms with E-state index in [9.17, 15) is 9.59 Å². The summed E-state index contributed by atoms with van der Waals surface area (Å²) in [5, 5.41) is 2.32. The first-order chi connectivity index (χ1) is 10.7. The number of hydrogen-bond acceptors (Lipinski definition) is 4. The fraction of sp³-hybridized carbons (Fsp3) is 0.867. The zero-order valence-electron chi connectivity index (χ0n) is 14.5.